The molecule has 0 bridgehead atoms. The Kier molecular flexibility index (Phi) is 4.56. The first kappa shape index (κ1) is 14.2. The van der Waals surface area contributed by atoms with Crippen molar-refractivity contribution in [2.45, 2.75) is 31.6 Å². The van der Waals surface area contributed by atoms with Crippen molar-refractivity contribution in [3.8, 4) is 5.75 Å². The zero-order valence-electron chi connectivity index (χ0n) is 12.4. The average molecular weight is 281 g/mol. The monoisotopic (exact) mass is 281 g/mol. The number of rotatable bonds is 5. The van der Waals surface area contributed by atoms with Crippen LogP contribution in [-0.4, -0.2) is 13.2 Å². The summed E-state index contributed by atoms with van der Waals surface area (Å²) in [5.41, 5.74) is 10.0. The van der Waals surface area contributed by atoms with E-state index in [2.05, 4.69) is 42.5 Å². The van der Waals surface area contributed by atoms with Gasteiger partial charge in [0.05, 0.1) is 6.61 Å². The molecule has 1 aliphatic carbocycles. The highest BCUT2D eigenvalue weighted by Gasteiger charge is 2.19. The van der Waals surface area contributed by atoms with Gasteiger partial charge in [0, 0.05) is 6.42 Å². The third kappa shape index (κ3) is 3.45. The van der Waals surface area contributed by atoms with E-state index in [4.69, 9.17) is 10.5 Å². The van der Waals surface area contributed by atoms with Crippen LogP contribution in [0.5, 0.6) is 5.75 Å². The lowest BCUT2D eigenvalue weighted by atomic mass is 9.83. The first-order valence-corrected chi connectivity index (χ1v) is 7.86. The van der Waals surface area contributed by atoms with Gasteiger partial charge in [-0.05, 0) is 60.5 Å². The van der Waals surface area contributed by atoms with Crippen molar-refractivity contribution >= 4 is 0 Å². The van der Waals surface area contributed by atoms with E-state index < -0.39 is 0 Å². The van der Waals surface area contributed by atoms with Crippen molar-refractivity contribution < 1.29 is 4.74 Å². The maximum Gasteiger partial charge on any atom is 0.119 e. The van der Waals surface area contributed by atoms with Gasteiger partial charge in [-0.1, -0.05) is 36.4 Å². The van der Waals surface area contributed by atoms with Crippen molar-refractivity contribution in [1.29, 1.82) is 0 Å². The predicted octanol–water partition coefficient (Wildman–Crippen LogP) is 3.69. The first-order valence-electron chi connectivity index (χ1n) is 7.86. The molecule has 2 aromatic rings. The van der Waals surface area contributed by atoms with E-state index in [1.807, 2.05) is 6.07 Å². The van der Waals surface area contributed by atoms with Crippen molar-refractivity contribution in [3.05, 3.63) is 65.2 Å². The van der Waals surface area contributed by atoms with E-state index in [1.165, 1.54) is 29.5 Å². The van der Waals surface area contributed by atoms with Crippen LogP contribution in [0.4, 0.5) is 0 Å². The summed E-state index contributed by atoms with van der Waals surface area (Å²) in [5, 5.41) is 0. The third-order valence-corrected chi connectivity index (χ3v) is 4.34. The van der Waals surface area contributed by atoms with Crippen molar-refractivity contribution in [2.75, 3.05) is 13.2 Å². The van der Waals surface area contributed by atoms with Gasteiger partial charge in [-0.15, -0.1) is 0 Å². The van der Waals surface area contributed by atoms with Crippen LogP contribution in [0.2, 0.25) is 0 Å². The molecule has 0 spiro atoms. The average Bonchev–Trinajstić information content (AvgIpc) is 2.55. The van der Waals surface area contributed by atoms with Crippen molar-refractivity contribution in [2.24, 2.45) is 5.73 Å². The molecule has 0 saturated heterocycles. The van der Waals surface area contributed by atoms with Gasteiger partial charge in [-0.2, -0.15) is 0 Å². The van der Waals surface area contributed by atoms with Crippen molar-refractivity contribution in [1.82, 2.24) is 0 Å². The molecule has 1 atom stereocenters. The van der Waals surface area contributed by atoms with Gasteiger partial charge in [-0.25, -0.2) is 0 Å². The number of hydrogen-bond donors (Lipinski definition) is 1. The van der Waals surface area contributed by atoms with Crippen LogP contribution in [0.3, 0.4) is 0 Å². The summed E-state index contributed by atoms with van der Waals surface area (Å²) in [4.78, 5) is 0. The van der Waals surface area contributed by atoms with Crippen molar-refractivity contribution in [3.63, 3.8) is 0 Å². The molecule has 0 saturated carbocycles. The second-order valence-electron chi connectivity index (χ2n) is 5.77. The smallest absolute Gasteiger partial charge is 0.119 e. The standard InChI is InChI=1S/C19H23NO/c20-14-17-8-4-7-16-13-18(9-10-19(16)17)21-12-11-15-5-2-1-3-6-15/h1-3,5-6,9-10,13,17H,4,7-8,11-12,14,20H2. The van der Waals surface area contributed by atoms with Gasteiger partial charge >= 0.3 is 0 Å². The zero-order valence-corrected chi connectivity index (χ0v) is 12.4. The van der Waals surface area contributed by atoms with E-state index in [0.717, 1.165) is 31.7 Å². The van der Waals surface area contributed by atoms with Crippen LogP contribution in [0.15, 0.2) is 48.5 Å². The fourth-order valence-electron chi connectivity index (χ4n) is 3.16. The van der Waals surface area contributed by atoms with Crippen LogP contribution in [0.25, 0.3) is 0 Å². The highest BCUT2D eigenvalue weighted by molar-refractivity contribution is 5.39. The summed E-state index contributed by atoms with van der Waals surface area (Å²) < 4.78 is 5.91. The van der Waals surface area contributed by atoms with Crippen LogP contribution >= 0.6 is 0 Å². The minimum absolute atomic E-state index is 0.534. The molecule has 2 aromatic carbocycles. The minimum atomic E-state index is 0.534. The fourth-order valence-corrected chi connectivity index (χ4v) is 3.16. The highest BCUT2D eigenvalue weighted by atomic mass is 16.5. The second-order valence-corrected chi connectivity index (χ2v) is 5.77. The Morgan fingerprint density at radius 1 is 1.10 bits per heavy atom. The molecule has 0 heterocycles. The topological polar surface area (TPSA) is 35.2 Å². The second kappa shape index (κ2) is 6.77. The third-order valence-electron chi connectivity index (χ3n) is 4.34. The number of hydrogen-bond acceptors (Lipinski definition) is 2. The summed E-state index contributed by atoms with van der Waals surface area (Å²) >= 11 is 0. The van der Waals surface area contributed by atoms with Crippen LogP contribution in [0.1, 0.15) is 35.4 Å². The van der Waals surface area contributed by atoms with Gasteiger partial charge in [0.15, 0.2) is 0 Å². The number of benzene rings is 2. The molecule has 0 fully saturated rings. The number of ether oxygens (including phenoxy) is 1. The molecule has 2 nitrogen and oxygen atoms in total. The van der Waals surface area contributed by atoms with Gasteiger partial charge in [-0.3, -0.25) is 0 Å². The summed E-state index contributed by atoms with van der Waals surface area (Å²) in [6, 6.07) is 17.0. The van der Waals surface area contributed by atoms with E-state index in [1.54, 1.807) is 0 Å². The Morgan fingerprint density at radius 2 is 1.95 bits per heavy atom. The molecule has 1 aliphatic rings. The molecule has 1 unspecified atom stereocenters. The predicted molar refractivity (Wildman–Crippen MR) is 86.8 cm³/mol. The van der Waals surface area contributed by atoms with Gasteiger partial charge < -0.3 is 10.5 Å². The molecular weight excluding hydrogens is 258 g/mol. The quantitative estimate of drug-likeness (QED) is 0.907. The number of nitrogens with two attached hydrogens (primary N) is 1. The molecule has 0 radical (unpaired) electrons. The van der Waals surface area contributed by atoms with E-state index in [0.29, 0.717) is 5.92 Å². The fraction of sp³-hybridized carbons (Fsp3) is 0.368. The number of fused-ring (bicyclic) bond motifs is 1. The van der Waals surface area contributed by atoms with E-state index >= 15 is 0 Å². The van der Waals surface area contributed by atoms with Crippen LogP contribution < -0.4 is 10.5 Å². The molecule has 0 aromatic heterocycles. The lowest BCUT2D eigenvalue weighted by Gasteiger charge is -2.24. The number of aryl methyl sites for hydroxylation is 1. The first-order chi connectivity index (χ1) is 10.4. The molecule has 0 aliphatic heterocycles. The molecule has 0 amide bonds. The molecule has 3 rings (SSSR count). The van der Waals surface area contributed by atoms with Gasteiger partial charge in [0.25, 0.3) is 0 Å². The molecular formula is C19H23NO. The molecule has 2 N–H and O–H groups in total. The Balaban J connectivity index is 1.62. The Hall–Kier alpha value is -1.80. The summed E-state index contributed by atoms with van der Waals surface area (Å²) in [6.45, 7) is 1.48. The minimum Gasteiger partial charge on any atom is -0.493 e. The van der Waals surface area contributed by atoms with Crippen LogP contribution in [0, 0.1) is 0 Å². The molecule has 21 heavy (non-hydrogen) atoms. The van der Waals surface area contributed by atoms with Gasteiger partial charge in [0.1, 0.15) is 5.75 Å². The summed E-state index contributed by atoms with van der Waals surface area (Å²) in [5.74, 6) is 1.52. The normalized spacial score (nSPS) is 17.3. The highest BCUT2D eigenvalue weighted by Crippen LogP contribution is 2.33. The lowest BCUT2D eigenvalue weighted by Crippen LogP contribution is -2.18. The summed E-state index contributed by atoms with van der Waals surface area (Å²) in [7, 11) is 0. The Bertz CT molecular complexity index is 579. The van der Waals surface area contributed by atoms with E-state index in [9.17, 15) is 0 Å². The Labute approximate surface area is 126 Å². The largest absolute Gasteiger partial charge is 0.493 e. The zero-order chi connectivity index (χ0) is 14.5. The lowest BCUT2D eigenvalue weighted by molar-refractivity contribution is 0.321. The van der Waals surface area contributed by atoms with Gasteiger partial charge in [0.2, 0.25) is 0 Å². The SMILES string of the molecule is NCC1CCCc2cc(OCCc3ccccc3)ccc21. The maximum absolute atomic E-state index is 5.91. The maximum atomic E-state index is 5.91. The van der Waals surface area contributed by atoms with E-state index in [-0.39, 0.29) is 0 Å². The summed E-state index contributed by atoms with van der Waals surface area (Å²) in [6.07, 6.45) is 4.56. The molecule has 110 valence electrons. The van der Waals surface area contributed by atoms with Crippen LogP contribution in [-0.2, 0) is 12.8 Å². The molecule has 2 heteroatoms. The Morgan fingerprint density at radius 3 is 2.76 bits per heavy atom.